The van der Waals surface area contributed by atoms with Crippen molar-refractivity contribution >= 4 is 17.4 Å². The number of carbonyl (C=O) groups is 1. The molecule has 1 fully saturated rings. The summed E-state index contributed by atoms with van der Waals surface area (Å²) in [5.74, 6) is -0.354. The molecular weight excluding hydrogens is 371 g/mol. The Morgan fingerprint density at radius 1 is 1.25 bits per heavy atom. The van der Waals surface area contributed by atoms with Gasteiger partial charge in [-0.2, -0.15) is 13.2 Å². The van der Waals surface area contributed by atoms with Gasteiger partial charge in [-0.25, -0.2) is 4.98 Å². The first-order valence-electron chi connectivity index (χ1n) is 8.93. The number of hydrogen-bond acceptors (Lipinski definition) is 4. The Hall–Kier alpha value is -2.61. The van der Waals surface area contributed by atoms with Gasteiger partial charge < -0.3 is 14.9 Å². The molecule has 2 atom stereocenters. The summed E-state index contributed by atoms with van der Waals surface area (Å²) < 4.78 is 39.6. The van der Waals surface area contributed by atoms with Gasteiger partial charge in [0.1, 0.15) is 11.9 Å². The molecule has 1 aliphatic heterocycles. The van der Waals surface area contributed by atoms with Crippen LogP contribution in [-0.4, -0.2) is 41.7 Å². The Balaban J connectivity index is 1.94. The maximum atomic E-state index is 13.2. The summed E-state index contributed by atoms with van der Waals surface area (Å²) >= 11 is 0. The number of carbonyl (C=O) groups excluding carboxylic acids is 1. The lowest BCUT2D eigenvalue weighted by atomic mass is 10.1. The molecule has 0 bridgehead atoms. The molecule has 2 heterocycles. The van der Waals surface area contributed by atoms with E-state index < -0.39 is 29.8 Å². The van der Waals surface area contributed by atoms with Crippen molar-refractivity contribution in [2.75, 3.05) is 23.4 Å². The van der Waals surface area contributed by atoms with E-state index in [1.54, 1.807) is 13.1 Å². The van der Waals surface area contributed by atoms with Crippen LogP contribution in [-0.2, 0) is 11.0 Å². The molecule has 1 saturated heterocycles. The van der Waals surface area contributed by atoms with Crippen LogP contribution in [0.25, 0.3) is 0 Å². The second-order valence-electron chi connectivity index (χ2n) is 7.08. The molecule has 1 N–H and O–H groups in total. The Morgan fingerprint density at radius 2 is 1.96 bits per heavy atom. The van der Waals surface area contributed by atoms with Crippen molar-refractivity contribution in [2.45, 2.75) is 38.6 Å². The van der Waals surface area contributed by atoms with Crippen molar-refractivity contribution < 1.29 is 23.1 Å². The van der Waals surface area contributed by atoms with E-state index in [0.717, 1.165) is 17.7 Å². The van der Waals surface area contributed by atoms with Crippen molar-refractivity contribution in [3.8, 4) is 0 Å². The second-order valence-corrected chi connectivity index (χ2v) is 7.08. The van der Waals surface area contributed by atoms with Gasteiger partial charge >= 0.3 is 6.18 Å². The first-order valence-corrected chi connectivity index (χ1v) is 8.93. The van der Waals surface area contributed by atoms with Crippen LogP contribution in [0.2, 0.25) is 0 Å². The smallest absolute Gasteiger partial charge is 0.390 e. The molecule has 1 aromatic heterocycles. The van der Waals surface area contributed by atoms with Gasteiger partial charge in [-0.1, -0.05) is 12.1 Å². The lowest BCUT2D eigenvalue weighted by Crippen LogP contribution is -2.49. The second kappa shape index (κ2) is 7.43. The van der Waals surface area contributed by atoms with E-state index in [0.29, 0.717) is 5.69 Å². The van der Waals surface area contributed by atoms with Crippen LogP contribution >= 0.6 is 0 Å². The Bertz CT molecular complexity index is 885. The third-order valence-electron chi connectivity index (χ3n) is 4.90. The van der Waals surface area contributed by atoms with Gasteiger partial charge in [0.15, 0.2) is 0 Å². The molecule has 28 heavy (non-hydrogen) atoms. The van der Waals surface area contributed by atoms with Crippen molar-refractivity contribution in [1.29, 1.82) is 0 Å². The predicted octanol–water partition coefficient (Wildman–Crippen LogP) is 3.32. The minimum Gasteiger partial charge on any atom is -0.390 e. The Labute approximate surface area is 161 Å². The SMILES string of the molecule is Cc1cccc(N(C)C(=O)[C@@H]2[C@@H](O)CCN2c2cc(C(F)(F)F)cc(C)n2)c1. The number of anilines is 2. The molecule has 2 aromatic rings. The van der Waals surface area contributed by atoms with Crippen molar-refractivity contribution in [3.05, 3.63) is 53.2 Å². The molecule has 0 radical (unpaired) electrons. The minimum atomic E-state index is -4.52. The number of alkyl halides is 3. The van der Waals surface area contributed by atoms with Crippen molar-refractivity contribution in [2.24, 2.45) is 0 Å². The van der Waals surface area contributed by atoms with E-state index in [1.807, 2.05) is 25.1 Å². The van der Waals surface area contributed by atoms with E-state index in [2.05, 4.69) is 4.98 Å². The maximum absolute atomic E-state index is 13.2. The van der Waals surface area contributed by atoms with Gasteiger partial charge in [-0.05, 0) is 50.1 Å². The first-order chi connectivity index (χ1) is 13.1. The number of nitrogens with zero attached hydrogens (tertiary/aromatic N) is 3. The molecule has 1 aromatic carbocycles. The van der Waals surface area contributed by atoms with E-state index >= 15 is 0 Å². The zero-order valence-electron chi connectivity index (χ0n) is 15.9. The standard InChI is InChI=1S/C20H22F3N3O2/c1-12-5-4-6-15(9-12)25(3)19(28)18-16(27)7-8-26(18)17-11-14(20(21,22)23)10-13(2)24-17/h4-6,9-11,16,18,27H,7-8H2,1-3H3/t16-,18-/m0/s1. The summed E-state index contributed by atoms with van der Waals surface area (Å²) in [5, 5.41) is 10.4. The highest BCUT2D eigenvalue weighted by Gasteiger charge is 2.42. The van der Waals surface area contributed by atoms with E-state index in [9.17, 15) is 23.1 Å². The number of aryl methyl sites for hydroxylation is 2. The number of hydrogen-bond donors (Lipinski definition) is 1. The molecule has 150 valence electrons. The summed E-state index contributed by atoms with van der Waals surface area (Å²) in [6.07, 6.45) is -5.23. The first kappa shape index (κ1) is 20.1. The van der Waals surface area contributed by atoms with Crippen LogP contribution in [0.3, 0.4) is 0 Å². The number of halogens is 3. The van der Waals surface area contributed by atoms with Gasteiger partial charge in [0.25, 0.3) is 5.91 Å². The fourth-order valence-corrected chi connectivity index (χ4v) is 3.46. The monoisotopic (exact) mass is 393 g/mol. The van der Waals surface area contributed by atoms with Crippen LogP contribution in [0.5, 0.6) is 0 Å². The number of amides is 1. The zero-order valence-corrected chi connectivity index (χ0v) is 15.9. The summed E-state index contributed by atoms with van der Waals surface area (Å²) in [7, 11) is 1.59. The molecule has 1 aliphatic rings. The molecule has 8 heteroatoms. The third kappa shape index (κ3) is 3.96. The summed E-state index contributed by atoms with van der Waals surface area (Å²) in [6.45, 7) is 3.61. The molecule has 0 aliphatic carbocycles. The average molecular weight is 393 g/mol. The lowest BCUT2D eigenvalue weighted by Gasteiger charge is -2.30. The maximum Gasteiger partial charge on any atom is 0.416 e. The normalized spacial score (nSPS) is 19.8. The molecule has 5 nitrogen and oxygen atoms in total. The zero-order chi connectivity index (χ0) is 20.6. The number of rotatable bonds is 3. The lowest BCUT2D eigenvalue weighted by molar-refractivity contribution is -0.137. The van der Waals surface area contributed by atoms with Crippen LogP contribution < -0.4 is 9.80 Å². The highest BCUT2D eigenvalue weighted by molar-refractivity contribution is 5.99. The molecular formula is C20H22F3N3O2. The van der Waals surface area contributed by atoms with Gasteiger partial charge in [-0.3, -0.25) is 4.79 Å². The third-order valence-corrected chi connectivity index (χ3v) is 4.90. The fourth-order valence-electron chi connectivity index (χ4n) is 3.46. The predicted molar refractivity (Wildman–Crippen MR) is 100 cm³/mol. The van der Waals surface area contributed by atoms with Gasteiger partial charge in [0.05, 0.1) is 11.7 Å². The number of aliphatic hydroxyl groups excluding tert-OH is 1. The van der Waals surface area contributed by atoms with Crippen LogP contribution in [0, 0.1) is 13.8 Å². The molecule has 1 amide bonds. The van der Waals surface area contributed by atoms with Gasteiger partial charge in [-0.15, -0.1) is 0 Å². The number of likely N-dealkylation sites (N-methyl/N-ethyl adjacent to an activating group) is 1. The Kier molecular flexibility index (Phi) is 5.34. The van der Waals surface area contributed by atoms with E-state index in [4.69, 9.17) is 0 Å². The van der Waals surface area contributed by atoms with Crippen LogP contribution in [0.1, 0.15) is 23.2 Å². The van der Waals surface area contributed by atoms with Gasteiger partial charge in [0.2, 0.25) is 0 Å². The van der Waals surface area contributed by atoms with Crippen molar-refractivity contribution in [1.82, 2.24) is 4.98 Å². The fraction of sp³-hybridized carbons (Fsp3) is 0.400. The number of benzene rings is 1. The highest BCUT2D eigenvalue weighted by Crippen LogP contribution is 2.34. The van der Waals surface area contributed by atoms with E-state index in [-0.39, 0.29) is 24.5 Å². The summed E-state index contributed by atoms with van der Waals surface area (Å²) in [4.78, 5) is 20.2. The molecule has 0 saturated carbocycles. The highest BCUT2D eigenvalue weighted by atomic mass is 19.4. The van der Waals surface area contributed by atoms with E-state index in [1.165, 1.54) is 16.7 Å². The van der Waals surface area contributed by atoms with Crippen LogP contribution in [0.15, 0.2) is 36.4 Å². The molecule has 3 rings (SSSR count). The largest absolute Gasteiger partial charge is 0.416 e. The summed E-state index contributed by atoms with van der Waals surface area (Å²) in [5.41, 5.74) is 0.993. The Morgan fingerprint density at radius 3 is 2.61 bits per heavy atom. The van der Waals surface area contributed by atoms with Crippen LogP contribution in [0.4, 0.5) is 24.7 Å². The molecule has 0 spiro atoms. The number of aliphatic hydroxyl groups is 1. The topological polar surface area (TPSA) is 56.7 Å². The molecule has 0 unspecified atom stereocenters. The summed E-state index contributed by atoms with van der Waals surface area (Å²) in [6, 6.07) is 8.20. The van der Waals surface area contributed by atoms with Crippen molar-refractivity contribution in [3.63, 3.8) is 0 Å². The quantitative estimate of drug-likeness (QED) is 0.869. The average Bonchev–Trinajstić information content (AvgIpc) is 3.00. The number of aromatic nitrogens is 1. The number of pyridine rings is 1. The van der Waals surface area contributed by atoms with Gasteiger partial charge in [0, 0.05) is 25.0 Å². The minimum absolute atomic E-state index is 0.0415.